The molecule has 128 valence electrons. The molecular weight excluding hydrogens is 308 g/mol. The Morgan fingerprint density at radius 2 is 1.92 bits per heavy atom. The van der Waals surface area contributed by atoms with Crippen molar-refractivity contribution in [1.82, 2.24) is 10.9 Å². The highest BCUT2D eigenvalue weighted by atomic mass is 16.5. The summed E-state index contributed by atoms with van der Waals surface area (Å²) in [6.07, 6.45) is 0.773. The van der Waals surface area contributed by atoms with Gasteiger partial charge in [-0.05, 0) is 44.9 Å². The van der Waals surface area contributed by atoms with Crippen molar-refractivity contribution in [1.29, 1.82) is 0 Å². The lowest BCUT2D eigenvalue weighted by molar-refractivity contribution is -0.121. The van der Waals surface area contributed by atoms with Crippen LogP contribution in [-0.4, -0.2) is 18.4 Å². The maximum atomic E-state index is 12.0. The van der Waals surface area contributed by atoms with Gasteiger partial charge in [0.15, 0.2) is 0 Å². The fraction of sp³-hybridized carbons (Fsp3) is 0.333. The van der Waals surface area contributed by atoms with Crippen molar-refractivity contribution in [2.45, 2.75) is 33.6 Å². The quantitative estimate of drug-likeness (QED) is 0.798. The number of nitrogens with one attached hydrogen (secondary N) is 2. The number of carbonyl (C=O) groups excluding carboxylic acids is 2. The number of rotatable bonds is 6. The first-order valence-corrected chi connectivity index (χ1v) is 7.88. The molecule has 1 aromatic carbocycles. The maximum Gasteiger partial charge on any atom is 0.273 e. The topological polar surface area (TPSA) is 80.6 Å². The molecule has 0 unspecified atom stereocenters. The van der Waals surface area contributed by atoms with Crippen LogP contribution in [0, 0.1) is 13.8 Å². The van der Waals surface area contributed by atoms with Gasteiger partial charge in [-0.25, -0.2) is 0 Å². The lowest BCUT2D eigenvalue weighted by Crippen LogP contribution is -2.41. The fourth-order valence-corrected chi connectivity index (χ4v) is 2.37. The van der Waals surface area contributed by atoms with Gasteiger partial charge in [0, 0.05) is 6.42 Å². The first-order chi connectivity index (χ1) is 11.5. The molecule has 2 aromatic rings. The average molecular weight is 330 g/mol. The molecule has 0 saturated heterocycles. The Kier molecular flexibility index (Phi) is 6.01. The number of hydrazine groups is 1. The summed E-state index contributed by atoms with van der Waals surface area (Å²) < 4.78 is 10.8. The van der Waals surface area contributed by atoms with E-state index in [4.69, 9.17) is 9.15 Å². The highest BCUT2D eigenvalue weighted by Gasteiger charge is 2.14. The van der Waals surface area contributed by atoms with Crippen LogP contribution in [-0.2, 0) is 11.2 Å². The lowest BCUT2D eigenvalue weighted by Gasteiger charge is -2.10. The summed E-state index contributed by atoms with van der Waals surface area (Å²) in [6, 6.07) is 9.23. The van der Waals surface area contributed by atoms with E-state index in [-0.39, 0.29) is 12.3 Å². The van der Waals surface area contributed by atoms with E-state index in [9.17, 15) is 9.59 Å². The third kappa shape index (κ3) is 4.62. The molecule has 2 N–H and O–H groups in total. The minimum Gasteiger partial charge on any atom is -0.494 e. The Hall–Kier alpha value is -2.76. The van der Waals surface area contributed by atoms with E-state index >= 15 is 0 Å². The van der Waals surface area contributed by atoms with E-state index in [2.05, 4.69) is 10.9 Å². The van der Waals surface area contributed by atoms with Gasteiger partial charge < -0.3 is 9.15 Å². The van der Waals surface area contributed by atoms with E-state index in [0.29, 0.717) is 30.1 Å². The maximum absolute atomic E-state index is 12.0. The summed E-state index contributed by atoms with van der Waals surface area (Å²) in [7, 11) is 0. The highest BCUT2D eigenvalue weighted by Crippen LogP contribution is 2.19. The predicted octanol–water partition coefficient (Wildman–Crippen LogP) is 2.69. The standard InChI is InChI=1S/C18H22N2O4/c1-4-23-16-8-6-5-7-14(16)9-10-17(21)19-20-18(22)15-11-12(2)24-13(15)3/h5-8,11H,4,9-10H2,1-3H3,(H,19,21)(H,20,22). The zero-order valence-electron chi connectivity index (χ0n) is 14.1. The van der Waals surface area contributed by atoms with Crippen molar-refractivity contribution in [3.63, 3.8) is 0 Å². The van der Waals surface area contributed by atoms with Crippen LogP contribution in [0.2, 0.25) is 0 Å². The number of amides is 2. The molecule has 0 fully saturated rings. The molecule has 0 atom stereocenters. The van der Waals surface area contributed by atoms with Crippen LogP contribution < -0.4 is 15.6 Å². The number of para-hydroxylation sites is 1. The molecule has 0 spiro atoms. The van der Waals surface area contributed by atoms with Crippen LogP contribution in [0.15, 0.2) is 34.7 Å². The second-order valence-corrected chi connectivity index (χ2v) is 5.37. The van der Waals surface area contributed by atoms with Crippen molar-refractivity contribution in [2.75, 3.05) is 6.61 Å². The van der Waals surface area contributed by atoms with Gasteiger partial charge in [0.1, 0.15) is 17.3 Å². The lowest BCUT2D eigenvalue weighted by atomic mass is 10.1. The van der Waals surface area contributed by atoms with Crippen LogP contribution >= 0.6 is 0 Å². The van der Waals surface area contributed by atoms with Crippen molar-refractivity contribution in [3.05, 3.63) is 53.0 Å². The molecule has 0 saturated carbocycles. The van der Waals surface area contributed by atoms with E-state index < -0.39 is 5.91 Å². The molecule has 0 aliphatic heterocycles. The van der Waals surface area contributed by atoms with Crippen molar-refractivity contribution >= 4 is 11.8 Å². The molecule has 0 aliphatic carbocycles. The Bertz CT molecular complexity index is 722. The van der Waals surface area contributed by atoms with Crippen molar-refractivity contribution in [2.24, 2.45) is 0 Å². The number of carbonyl (C=O) groups is 2. The molecule has 0 bridgehead atoms. The Balaban J connectivity index is 1.84. The summed E-state index contributed by atoms with van der Waals surface area (Å²) in [6.45, 7) is 5.95. The van der Waals surface area contributed by atoms with Gasteiger partial charge in [-0.2, -0.15) is 0 Å². The summed E-state index contributed by atoms with van der Waals surface area (Å²) >= 11 is 0. The first-order valence-electron chi connectivity index (χ1n) is 7.88. The molecule has 6 nitrogen and oxygen atoms in total. The molecule has 24 heavy (non-hydrogen) atoms. The number of furan rings is 1. The van der Waals surface area contributed by atoms with Crippen LogP contribution in [0.3, 0.4) is 0 Å². The van der Waals surface area contributed by atoms with Gasteiger partial charge in [-0.15, -0.1) is 0 Å². The van der Waals surface area contributed by atoms with Gasteiger partial charge in [0.05, 0.1) is 12.2 Å². The molecule has 6 heteroatoms. The average Bonchev–Trinajstić information content (AvgIpc) is 2.90. The van der Waals surface area contributed by atoms with E-state index in [1.807, 2.05) is 31.2 Å². The molecule has 1 heterocycles. The third-order valence-electron chi connectivity index (χ3n) is 3.49. The summed E-state index contributed by atoms with van der Waals surface area (Å²) in [5, 5.41) is 0. The Morgan fingerprint density at radius 3 is 2.58 bits per heavy atom. The second-order valence-electron chi connectivity index (χ2n) is 5.37. The highest BCUT2D eigenvalue weighted by molar-refractivity contribution is 5.96. The van der Waals surface area contributed by atoms with Crippen LogP contribution in [0.5, 0.6) is 5.75 Å². The number of benzene rings is 1. The van der Waals surface area contributed by atoms with Crippen LogP contribution in [0.25, 0.3) is 0 Å². The molecular formula is C18H22N2O4. The third-order valence-corrected chi connectivity index (χ3v) is 3.49. The zero-order chi connectivity index (χ0) is 17.5. The number of aryl methyl sites for hydroxylation is 3. The largest absolute Gasteiger partial charge is 0.494 e. The number of ether oxygens (including phenoxy) is 1. The minimum atomic E-state index is -0.396. The summed E-state index contributed by atoms with van der Waals surface area (Å²) in [5.74, 6) is 1.28. The smallest absolute Gasteiger partial charge is 0.273 e. The minimum absolute atomic E-state index is 0.244. The predicted molar refractivity (Wildman–Crippen MR) is 89.7 cm³/mol. The Labute approximate surface area is 141 Å². The van der Waals surface area contributed by atoms with Crippen molar-refractivity contribution in [3.8, 4) is 5.75 Å². The SMILES string of the molecule is CCOc1ccccc1CCC(=O)NNC(=O)c1cc(C)oc1C. The number of hydrogen-bond donors (Lipinski definition) is 2. The summed E-state index contributed by atoms with van der Waals surface area (Å²) in [4.78, 5) is 23.9. The molecule has 2 rings (SSSR count). The van der Waals surface area contributed by atoms with E-state index in [1.165, 1.54) is 0 Å². The van der Waals surface area contributed by atoms with Gasteiger partial charge in [0.2, 0.25) is 5.91 Å². The second kappa shape index (κ2) is 8.19. The molecule has 1 aromatic heterocycles. The van der Waals surface area contributed by atoms with Gasteiger partial charge in [-0.1, -0.05) is 18.2 Å². The van der Waals surface area contributed by atoms with Crippen LogP contribution in [0.1, 0.15) is 40.8 Å². The molecule has 2 amide bonds. The van der Waals surface area contributed by atoms with Gasteiger partial charge >= 0.3 is 0 Å². The number of hydrogen-bond acceptors (Lipinski definition) is 4. The molecule has 0 aliphatic rings. The fourth-order valence-electron chi connectivity index (χ4n) is 2.37. The first kappa shape index (κ1) is 17.6. The monoisotopic (exact) mass is 330 g/mol. The Morgan fingerprint density at radius 1 is 1.17 bits per heavy atom. The zero-order valence-corrected chi connectivity index (χ0v) is 14.1. The van der Waals surface area contributed by atoms with E-state index in [0.717, 1.165) is 11.3 Å². The van der Waals surface area contributed by atoms with E-state index in [1.54, 1.807) is 19.9 Å². The molecule has 0 radical (unpaired) electrons. The van der Waals surface area contributed by atoms with Gasteiger partial charge in [0.25, 0.3) is 5.91 Å². The van der Waals surface area contributed by atoms with Crippen LogP contribution in [0.4, 0.5) is 0 Å². The van der Waals surface area contributed by atoms with Crippen molar-refractivity contribution < 1.29 is 18.7 Å². The summed E-state index contributed by atoms with van der Waals surface area (Å²) in [5.41, 5.74) is 6.19. The normalized spacial score (nSPS) is 10.3. The van der Waals surface area contributed by atoms with Gasteiger partial charge in [-0.3, -0.25) is 20.4 Å².